The van der Waals surface area contributed by atoms with Gasteiger partial charge in [0.2, 0.25) is 0 Å². The summed E-state index contributed by atoms with van der Waals surface area (Å²) in [6, 6.07) is 10.1. The highest BCUT2D eigenvalue weighted by atomic mass is 16.5. The number of nitrogens with two attached hydrogens (primary N) is 1. The first kappa shape index (κ1) is 11.4. The van der Waals surface area contributed by atoms with Crippen molar-refractivity contribution in [3.05, 3.63) is 35.9 Å². The van der Waals surface area contributed by atoms with Gasteiger partial charge in [-0.2, -0.15) is 0 Å². The Balaban J connectivity index is 1.83. The van der Waals surface area contributed by atoms with Crippen molar-refractivity contribution < 1.29 is 4.74 Å². The van der Waals surface area contributed by atoms with Gasteiger partial charge in [-0.25, -0.2) is 10.8 Å². The topological polar surface area (TPSA) is 60.2 Å². The summed E-state index contributed by atoms with van der Waals surface area (Å²) in [6.45, 7) is 1.41. The summed E-state index contributed by atoms with van der Waals surface area (Å²) in [6.07, 6.45) is 2.61. The van der Waals surface area contributed by atoms with E-state index >= 15 is 0 Å². The van der Waals surface area contributed by atoms with Gasteiger partial charge in [0.15, 0.2) is 0 Å². The molecule has 0 saturated heterocycles. The normalized spacial score (nSPS) is 14.9. The van der Waals surface area contributed by atoms with E-state index in [1.165, 1.54) is 12.8 Å². The second kappa shape index (κ2) is 4.92. The summed E-state index contributed by atoms with van der Waals surface area (Å²) in [7, 11) is 0. The van der Waals surface area contributed by atoms with Gasteiger partial charge in [0.25, 0.3) is 0 Å². The largest absolute Gasteiger partial charge is 0.376 e. The van der Waals surface area contributed by atoms with Crippen LogP contribution in [0.3, 0.4) is 0 Å². The molecular weight excluding hydrogens is 226 g/mol. The fourth-order valence-electron chi connectivity index (χ4n) is 2.01. The zero-order chi connectivity index (χ0) is 12.4. The summed E-state index contributed by atoms with van der Waals surface area (Å²) in [4.78, 5) is 4.49. The van der Waals surface area contributed by atoms with E-state index in [0.717, 1.165) is 29.0 Å². The highest BCUT2D eigenvalue weighted by Gasteiger charge is 2.21. The highest BCUT2D eigenvalue weighted by Crippen LogP contribution is 2.29. The predicted molar refractivity (Wildman–Crippen MR) is 71.9 cm³/mol. The van der Waals surface area contributed by atoms with Gasteiger partial charge in [0.05, 0.1) is 12.1 Å². The molecule has 0 amide bonds. The molecule has 1 saturated carbocycles. The van der Waals surface area contributed by atoms with E-state index in [0.29, 0.717) is 12.4 Å². The highest BCUT2D eigenvalue weighted by molar-refractivity contribution is 5.81. The predicted octanol–water partition coefficient (Wildman–Crippen LogP) is 2.45. The molecule has 1 fully saturated rings. The van der Waals surface area contributed by atoms with Crippen LogP contribution in [0.2, 0.25) is 0 Å². The van der Waals surface area contributed by atoms with Crippen LogP contribution >= 0.6 is 0 Å². The number of hydrogen-bond donors (Lipinski definition) is 2. The van der Waals surface area contributed by atoms with Gasteiger partial charge < -0.3 is 10.2 Å². The SMILES string of the molecule is NNc1nc2ccccc2cc1COCC1CC1. The number of para-hydroxylation sites is 1. The number of nitrogen functional groups attached to an aromatic ring is 1. The van der Waals surface area contributed by atoms with Crippen molar-refractivity contribution >= 4 is 16.7 Å². The van der Waals surface area contributed by atoms with E-state index in [2.05, 4.69) is 16.5 Å². The Bertz CT molecular complexity index is 552. The smallest absolute Gasteiger partial charge is 0.146 e. The van der Waals surface area contributed by atoms with E-state index in [1.807, 2.05) is 24.3 Å². The van der Waals surface area contributed by atoms with Crippen molar-refractivity contribution in [1.29, 1.82) is 0 Å². The van der Waals surface area contributed by atoms with Crippen LogP contribution in [0.25, 0.3) is 10.9 Å². The second-order valence-corrected chi connectivity index (χ2v) is 4.79. The molecule has 3 N–H and O–H groups in total. The fraction of sp³-hybridized carbons (Fsp3) is 0.357. The molecule has 18 heavy (non-hydrogen) atoms. The summed E-state index contributed by atoms with van der Waals surface area (Å²) in [5, 5.41) is 1.11. The number of hydrogen-bond acceptors (Lipinski definition) is 4. The molecule has 0 bridgehead atoms. The molecule has 94 valence electrons. The molecule has 4 heteroatoms. The molecule has 2 aromatic rings. The maximum Gasteiger partial charge on any atom is 0.146 e. The number of rotatable bonds is 5. The standard InChI is InChI=1S/C14H17N3O/c15-17-14-12(9-18-8-10-5-6-10)7-11-3-1-2-4-13(11)16-14/h1-4,7,10H,5-6,8-9,15H2,(H,16,17). The van der Waals surface area contributed by atoms with E-state index in [4.69, 9.17) is 10.6 Å². The van der Waals surface area contributed by atoms with Crippen LogP contribution in [0.5, 0.6) is 0 Å². The van der Waals surface area contributed by atoms with Gasteiger partial charge in [-0.05, 0) is 30.9 Å². The lowest BCUT2D eigenvalue weighted by Gasteiger charge is -2.10. The summed E-state index contributed by atoms with van der Waals surface area (Å²) < 4.78 is 5.70. The average molecular weight is 243 g/mol. The van der Waals surface area contributed by atoms with Crippen LogP contribution in [-0.4, -0.2) is 11.6 Å². The maximum absolute atomic E-state index is 5.70. The second-order valence-electron chi connectivity index (χ2n) is 4.79. The minimum Gasteiger partial charge on any atom is -0.376 e. The molecule has 3 rings (SSSR count). The number of aromatic nitrogens is 1. The Labute approximate surface area is 106 Å². The third-order valence-corrected chi connectivity index (χ3v) is 3.25. The Morgan fingerprint density at radius 2 is 2.17 bits per heavy atom. The molecule has 1 aliphatic carbocycles. The molecule has 0 unspecified atom stereocenters. The van der Waals surface area contributed by atoms with Crippen LogP contribution in [0.1, 0.15) is 18.4 Å². The van der Waals surface area contributed by atoms with Crippen molar-refractivity contribution in [2.24, 2.45) is 11.8 Å². The number of ether oxygens (including phenoxy) is 1. The number of nitrogens with one attached hydrogen (secondary N) is 1. The van der Waals surface area contributed by atoms with Crippen LogP contribution in [-0.2, 0) is 11.3 Å². The summed E-state index contributed by atoms with van der Waals surface area (Å²) in [5.74, 6) is 6.99. The maximum atomic E-state index is 5.70. The number of nitrogens with zero attached hydrogens (tertiary/aromatic N) is 1. The van der Waals surface area contributed by atoms with E-state index in [9.17, 15) is 0 Å². The Kier molecular flexibility index (Phi) is 3.13. The van der Waals surface area contributed by atoms with Crippen LogP contribution in [0, 0.1) is 5.92 Å². The summed E-state index contributed by atoms with van der Waals surface area (Å²) >= 11 is 0. The monoisotopic (exact) mass is 243 g/mol. The zero-order valence-electron chi connectivity index (χ0n) is 10.2. The van der Waals surface area contributed by atoms with Crippen LogP contribution in [0.4, 0.5) is 5.82 Å². The lowest BCUT2D eigenvalue weighted by molar-refractivity contribution is 0.111. The van der Waals surface area contributed by atoms with Gasteiger partial charge >= 0.3 is 0 Å². The van der Waals surface area contributed by atoms with Crippen molar-refractivity contribution in [2.45, 2.75) is 19.4 Å². The van der Waals surface area contributed by atoms with Crippen LogP contribution in [0.15, 0.2) is 30.3 Å². The molecule has 1 heterocycles. The Morgan fingerprint density at radius 3 is 2.94 bits per heavy atom. The van der Waals surface area contributed by atoms with Gasteiger partial charge in [0.1, 0.15) is 5.82 Å². The Morgan fingerprint density at radius 1 is 1.33 bits per heavy atom. The number of pyridine rings is 1. The lowest BCUT2D eigenvalue weighted by Crippen LogP contribution is -2.12. The molecule has 0 radical (unpaired) electrons. The van der Waals surface area contributed by atoms with Crippen molar-refractivity contribution in [3.8, 4) is 0 Å². The molecule has 0 atom stereocenters. The number of fused-ring (bicyclic) bond motifs is 1. The van der Waals surface area contributed by atoms with Crippen LogP contribution < -0.4 is 11.3 Å². The minimum atomic E-state index is 0.563. The average Bonchev–Trinajstić information content (AvgIpc) is 3.22. The number of benzene rings is 1. The van der Waals surface area contributed by atoms with Gasteiger partial charge in [-0.1, -0.05) is 18.2 Å². The summed E-state index contributed by atoms with van der Waals surface area (Å²) in [5.41, 5.74) is 4.60. The first-order chi connectivity index (χ1) is 8.86. The minimum absolute atomic E-state index is 0.563. The number of anilines is 1. The van der Waals surface area contributed by atoms with Gasteiger partial charge in [-0.15, -0.1) is 0 Å². The first-order valence-corrected chi connectivity index (χ1v) is 6.30. The Hall–Kier alpha value is -1.65. The third-order valence-electron chi connectivity index (χ3n) is 3.25. The molecular formula is C14H17N3O. The molecule has 1 aliphatic rings. The quantitative estimate of drug-likeness (QED) is 0.625. The van der Waals surface area contributed by atoms with Crippen molar-refractivity contribution in [3.63, 3.8) is 0 Å². The molecule has 0 spiro atoms. The van der Waals surface area contributed by atoms with E-state index in [1.54, 1.807) is 0 Å². The van der Waals surface area contributed by atoms with Crippen molar-refractivity contribution in [1.82, 2.24) is 4.98 Å². The molecule has 1 aromatic carbocycles. The lowest BCUT2D eigenvalue weighted by atomic mass is 10.1. The van der Waals surface area contributed by atoms with Gasteiger partial charge in [-0.3, -0.25) is 0 Å². The van der Waals surface area contributed by atoms with Gasteiger partial charge in [0, 0.05) is 17.6 Å². The molecule has 0 aliphatic heterocycles. The molecule has 1 aromatic heterocycles. The van der Waals surface area contributed by atoms with E-state index < -0.39 is 0 Å². The van der Waals surface area contributed by atoms with E-state index in [-0.39, 0.29) is 0 Å². The zero-order valence-corrected chi connectivity index (χ0v) is 10.2. The fourth-order valence-corrected chi connectivity index (χ4v) is 2.01. The number of hydrazine groups is 1. The molecule has 4 nitrogen and oxygen atoms in total. The third kappa shape index (κ3) is 2.44. The van der Waals surface area contributed by atoms with Crippen molar-refractivity contribution in [2.75, 3.05) is 12.0 Å². The first-order valence-electron chi connectivity index (χ1n) is 6.30.